The van der Waals surface area contributed by atoms with Crippen molar-refractivity contribution in [1.29, 1.82) is 0 Å². The van der Waals surface area contributed by atoms with E-state index in [-0.39, 0.29) is 11.8 Å². The number of hydrazone groups is 1. The number of anilines is 4. The zero-order valence-electron chi connectivity index (χ0n) is 20.1. The van der Waals surface area contributed by atoms with Crippen LogP contribution in [0.4, 0.5) is 27.9 Å². The van der Waals surface area contributed by atoms with Crippen molar-refractivity contribution in [3.63, 3.8) is 0 Å². The number of aromatic nitrogens is 3. The van der Waals surface area contributed by atoms with Crippen molar-refractivity contribution in [3.8, 4) is 17.1 Å². The Kier molecular flexibility index (Phi) is 7.46. The van der Waals surface area contributed by atoms with Crippen molar-refractivity contribution in [1.82, 2.24) is 15.0 Å². The number of hydrogen-bond donors (Lipinski definition) is 2. The van der Waals surface area contributed by atoms with Crippen LogP contribution < -0.4 is 20.4 Å². The predicted octanol–water partition coefficient (Wildman–Crippen LogP) is 6.11. The number of furan rings is 1. The van der Waals surface area contributed by atoms with Gasteiger partial charge in [-0.25, -0.2) is 9.82 Å². The van der Waals surface area contributed by atoms with Crippen LogP contribution in [-0.4, -0.2) is 41.4 Å². The topological polar surface area (TPSA) is 101 Å². The maximum absolute atomic E-state index is 13.3. The average molecular weight is 522 g/mol. The van der Waals surface area contributed by atoms with E-state index in [2.05, 4.69) is 35.7 Å². The second kappa shape index (κ2) is 11.3. The van der Waals surface area contributed by atoms with Crippen molar-refractivity contribution in [2.75, 3.05) is 35.8 Å². The molecule has 37 heavy (non-hydrogen) atoms. The van der Waals surface area contributed by atoms with Gasteiger partial charge in [0.05, 0.1) is 18.9 Å². The summed E-state index contributed by atoms with van der Waals surface area (Å²) in [5, 5.41) is 7.93. The highest BCUT2D eigenvalue weighted by Gasteiger charge is 2.17. The fourth-order valence-corrected chi connectivity index (χ4v) is 4.13. The quantitative estimate of drug-likeness (QED) is 0.211. The van der Waals surface area contributed by atoms with Gasteiger partial charge in [0, 0.05) is 23.8 Å². The first kappa shape index (κ1) is 24.5. The molecular formula is C26H25ClFN7O2. The van der Waals surface area contributed by atoms with Gasteiger partial charge in [0.2, 0.25) is 17.8 Å². The molecule has 0 unspecified atom stereocenters. The summed E-state index contributed by atoms with van der Waals surface area (Å²) in [6, 6.07) is 14.9. The molecule has 2 aromatic carbocycles. The van der Waals surface area contributed by atoms with E-state index in [0.29, 0.717) is 39.9 Å². The summed E-state index contributed by atoms with van der Waals surface area (Å²) in [6.07, 6.45) is 4.86. The number of halogens is 2. The third-order valence-electron chi connectivity index (χ3n) is 5.77. The predicted molar refractivity (Wildman–Crippen MR) is 142 cm³/mol. The maximum atomic E-state index is 13.3. The summed E-state index contributed by atoms with van der Waals surface area (Å²) >= 11 is 6.14. The molecule has 0 bridgehead atoms. The molecule has 1 aliphatic heterocycles. The molecule has 0 atom stereocenters. The van der Waals surface area contributed by atoms with Crippen LogP contribution in [0.5, 0.6) is 5.75 Å². The Morgan fingerprint density at radius 3 is 2.57 bits per heavy atom. The first-order valence-electron chi connectivity index (χ1n) is 11.8. The van der Waals surface area contributed by atoms with Crippen molar-refractivity contribution < 1.29 is 13.5 Å². The number of hydrogen-bond acceptors (Lipinski definition) is 9. The molecule has 3 heterocycles. The van der Waals surface area contributed by atoms with E-state index < -0.39 is 0 Å². The van der Waals surface area contributed by atoms with Crippen LogP contribution in [0.15, 0.2) is 64.1 Å². The van der Waals surface area contributed by atoms with Crippen LogP contribution in [-0.2, 0) is 0 Å². The van der Waals surface area contributed by atoms with E-state index in [1.807, 2.05) is 6.07 Å². The first-order chi connectivity index (χ1) is 18.1. The molecule has 0 amide bonds. The van der Waals surface area contributed by atoms with Gasteiger partial charge in [0.15, 0.2) is 0 Å². The number of nitrogens with zero attached hydrogens (tertiary/aromatic N) is 5. The normalized spacial score (nSPS) is 13.6. The van der Waals surface area contributed by atoms with Crippen LogP contribution in [0.1, 0.15) is 25.0 Å². The molecule has 2 aromatic heterocycles. The molecule has 0 radical (unpaired) electrons. The standard InChI is InChI=1S/C26H25ClFN7O2/c1-36-22-11-5-17(27)15-21(22)23-12-10-20(37-23)16-29-34-25-31-24(30-19-8-6-18(28)7-9-19)32-26(33-25)35-13-3-2-4-14-35/h5-12,15-16H,2-4,13-14H2,1H3,(H2,30,31,32,33,34). The van der Waals surface area contributed by atoms with Gasteiger partial charge >= 0.3 is 0 Å². The molecule has 4 aromatic rings. The molecule has 11 heteroatoms. The van der Waals surface area contributed by atoms with E-state index in [9.17, 15) is 4.39 Å². The Morgan fingerprint density at radius 2 is 1.78 bits per heavy atom. The number of ether oxygens (including phenoxy) is 1. The lowest BCUT2D eigenvalue weighted by Crippen LogP contribution is -2.31. The molecule has 0 saturated carbocycles. The van der Waals surface area contributed by atoms with E-state index in [1.54, 1.807) is 43.5 Å². The lowest BCUT2D eigenvalue weighted by Gasteiger charge is -2.26. The second-order valence-electron chi connectivity index (χ2n) is 8.38. The molecular weight excluding hydrogens is 497 g/mol. The van der Waals surface area contributed by atoms with Crippen LogP contribution in [0.2, 0.25) is 5.02 Å². The van der Waals surface area contributed by atoms with E-state index in [0.717, 1.165) is 31.5 Å². The van der Waals surface area contributed by atoms with Gasteiger partial charge in [-0.05, 0) is 73.9 Å². The molecule has 9 nitrogen and oxygen atoms in total. The number of nitrogens with one attached hydrogen (secondary N) is 2. The smallest absolute Gasteiger partial charge is 0.250 e. The Labute approximate surface area is 218 Å². The Balaban J connectivity index is 1.35. The molecule has 5 rings (SSSR count). The van der Waals surface area contributed by atoms with Crippen LogP contribution >= 0.6 is 11.6 Å². The minimum atomic E-state index is -0.318. The van der Waals surface area contributed by atoms with Gasteiger partial charge in [0.1, 0.15) is 23.1 Å². The van der Waals surface area contributed by atoms with E-state index in [1.165, 1.54) is 24.8 Å². The van der Waals surface area contributed by atoms with E-state index >= 15 is 0 Å². The monoisotopic (exact) mass is 521 g/mol. The van der Waals surface area contributed by atoms with Crippen molar-refractivity contribution >= 4 is 41.3 Å². The highest BCUT2D eigenvalue weighted by atomic mass is 35.5. The summed E-state index contributed by atoms with van der Waals surface area (Å²) in [4.78, 5) is 15.7. The van der Waals surface area contributed by atoms with E-state index in [4.69, 9.17) is 20.8 Å². The molecule has 1 aliphatic rings. The van der Waals surface area contributed by atoms with Crippen LogP contribution in [0.3, 0.4) is 0 Å². The van der Waals surface area contributed by atoms with Gasteiger partial charge in [-0.2, -0.15) is 20.1 Å². The molecule has 0 spiro atoms. The first-order valence-corrected chi connectivity index (χ1v) is 12.2. The Hall–Kier alpha value is -4.18. The zero-order chi connectivity index (χ0) is 25.6. The van der Waals surface area contributed by atoms with Crippen molar-refractivity contribution in [2.24, 2.45) is 5.10 Å². The summed E-state index contributed by atoms with van der Waals surface area (Å²) in [7, 11) is 1.59. The third kappa shape index (κ3) is 6.15. The van der Waals surface area contributed by atoms with Gasteiger partial charge in [-0.3, -0.25) is 0 Å². The van der Waals surface area contributed by atoms with Gasteiger partial charge < -0.3 is 19.4 Å². The zero-order valence-corrected chi connectivity index (χ0v) is 20.9. The molecule has 0 aliphatic carbocycles. The third-order valence-corrected chi connectivity index (χ3v) is 6.01. The average Bonchev–Trinajstić information content (AvgIpc) is 3.39. The Bertz CT molecular complexity index is 1390. The maximum Gasteiger partial charge on any atom is 0.250 e. The van der Waals surface area contributed by atoms with Gasteiger partial charge in [0.25, 0.3) is 0 Å². The number of piperidine rings is 1. The fourth-order valence-electron chi connectivity index (χ4n) is 3.96. The highest BCUT2D eigenvalue weighted by molar-refractivity contribution is 6.30. The lowest BCUT2D eigenvalue weighted by molar-refractivity contribution is 0.414. The fraction of sp³-hybridized carbons (Fsp3) is 0.231. The lowest BCUT2D eigenvalue weighted by atomic mass is 10.1. The van der Waals surface area contributed by atoms with Crippen molar-refractivity contribution in [3.05, 3.63) is 71.2 Å². The molecule has 1 fully saturated rings. The van der Waals surface area contributed by atoms with Crippen LogP contribution in [0, 0.1) is 5.82 Å². The summed E-state index contributed by atoms with van der Waals surface area (Å²) < 4.78 is 24.6. The Morgan fingerprint density at radius 1 is 1.00 bits per heavy atom. The minimum Gasteiger partial charge on any atom is -0.496 e. The summed E-state index contributed by atoms with van der Waals surface area (Å²) in [5.41, 5.74) is 4.26. The number of rotatable bonds is 8. The molecule has 190 valence electrons. The highest BCUT2D eigenvalue weighted by Crippen LogP contribution is 2.33. The van der Waals surface area contributed by atoms with Gasteiger partial charge in [-0.15, -0.1) is 0 Å². The number of benzene rings is 2. The molecule has 1 saturated heterocycles. The SMILES string of the molecule is COc1ccc(Cl)cc1-c1ccc(C=NNc2nc(Nc3ccc(F)cc3)nc(N3CCCCC3)n2)o1. The molecule has 2 N–H and O–H groups in total. The van der Waals surface area contributed by atoms with Crippen LogP contribution in [0.25, 0.3) is 11.3 Å². The second-order valence-corrected chi connectivity index (χ2v) is 8.82. The largest absolute Gasteiger partial charge is 0.496 e. The summed E-state index contributed by atoms with van der Waals surface area (Å²) in [5.74, 6) is 2.58. The summed E-state index contributed by atoms with van der Waals surface area (Å²) in [6.45, 7) is 1.73. The van der Waals surface area contributed by atoms with Crippen molar-refractivity contribution in [2.45, 2.75) is 19.3 Å². The van der Waals surface area contributed by atoms with Gasteiger partial charge in [-0.1, -0.05) is 11.6 Å². The number of methoxy groups -OCH3 is 1. The minimum absolute atomic E-state index is 0.264.